The molecule has 1 atom stereocenters. The summed E-state index contributed by atoms with van der Waals surface area (Å²) in [5, 5.41) is 0. The number of ether oxygens (including phenoxy) is 2. The molecule has 0 aromatic heterocycles. The van der Waals surface area contributed by atoms with Crippen LogP contribution in [0.4, 0.5) is 0 Å². The van der Waals surface area contributed by atoms with Crippen molar-refractivity contribution in [2.24, 2.45) is 5.73 Å². The van der Waals surface area contributed by atoms with Crippen LogP contribution in [0, 0.1) is 0 Å². The van der Waals surface area contributed by atoms with Gasteiger partial charge in [0.25, 0.3) is 6.41 Å². The molecule has 2 N–H and O–H groups in total. The summed E-state index contributed by atoms with van der Waals surface area (Å²) in [6, 6.07) is 4.99. The second-order valence-corrected chi connectivity index (χ2v) is 2.82. The van der Waals surface area contributed by atoms with Crippen molar-refractivity contribution in [1.29, 1.82) is 0 Å². The highest BCUT2D eigenvalue weighted by atomic mass is 35.5. The molecule has 76 valence electrons. The highest BCUT2D eigenvalue weighted by Crippen LogP contribution is 2.33. The van der Waals surface area contributed by atoms with Gasteiger partial charge in [-0.25, -0.2) is 0 Å². The minimum absolute atomic E-state index is 0. The average molecular weight is 216 g/mol. The van der Waals surface area contributed by atoms with Crippen molar-refractivity contribution in [3.63, 3.8) is 0 Å². The molecule has 1 aromatic rings. The number of halogens is 1. The minimum Gasteiger partial charge on any atom is -0.438 e. The van der Waals surface area contributed by atoms with Crippen LogP contribution in [-0.2, 0) is 0 Å². The number of Topliss-reactive ketones (excluding diaryl/α,β-unsaturated/α-hetero) is 1. The summed E-state index contributed by atoms with van der Waals surface area (Å²) in [4.78, 5) is 11.0. The molecule has 0 bridgehead atoms. The van der Waals surface area contributed by atoms with E-state index in [1.54, 1.807) is 18.2 Å². The number of carbonyl (C=O) groups is 1. The molecule has 4 nitrogen and oxygen atoms in total. The van der Waals surface area contributed by atoms with Gasteiger partial charge in [-0.15, -0.1) is 12.4 Å². The van der Waals surface area contributed by atoms with Gasteiger partial charge in [0.2, 0.25) is 0 Å². The Hall–Kier alpha value is -1.26. The first kappa shape index (κ1) is 10.8. The third kappa shape index (κ3) is 1.81. The van der Waals surface area contributed by atoms with Crippen molar-refractivity contribution in [2.45, 2.75) is 13.3 Å². The molecule has 1 aromatic carbocycles. The molecule has 0 aliphatic carbocycles. The van der Waals surface area contributed by atoms with Gasteiger partial charge < -0.3 is 9.47 Å². The fraction of sp³-hybridized carbons (Fsp3) is 0.222. The third-order valence-electron chi connectivity index (χ3n) is 1.84. The normalized spacial score (nSPS) is 17.4. The Labute approximate surface area is 87.4 Å². The second-order valence-electron chi connectivity index (χ2n) is 2.82. The molecular weight excluding hydrogens is 206 g/mol. The summed E-state index contributed by atoms with van der Waals surface area (Å²) >= 11 is 0. The van der Waals surface area contributed by atoms with Gasteiger partial charge in [0.05, 0.1) is 0 Å². The van der Waals surface area contributed by atoms with E-state index in [0.29, 0.717) is 17.1 Å². The standard InChI is InChI=1S/C9H9NO3.ClH/c1-5(11)6-2-3-7-8(4-6)13-9(10)12-7;/h2-4,9H,10H2,1H3;1H. The molecule has 0 spiro atoms. The number of carbonyl (C=O) groups excluding carboxylic acids is 1. The number of hydrogen-bond acceptors (Lipinski definition) is 4. The average Bonchev–Trinajstić information content (AvgIpc) is 2.42. The van der Waals surface area contributed by atoms with E-state index < -0.39 is 6.41 Å². The number of nitrogens with two attached hydrogens (primary N) is 1. The maximum Gasteiger partial charge on any atom is 0.300 e. The molecule has 0 fully saturated rings. The first-order chi connectivity index (χ1) is 6.16. The van der Waals surface area contributed by atoms with E-state index >= 15 is 0 Å². The largest absolute Gasteiger partial charge is 0.438 e. The molecule has 0 radical (unpaired) electrons. The summed E-state index contributed by atoms with van der Waals surface area (Å²) in [5.41, 5.74) is 5.98. The lowest BCUT2D eigenvalue weighted by Gasteiger charge is -1.99. The Balaban J connectivity index is 0.000000980. The fourth-order valence-corrected chi connectivity index (χ4v) is 1.19. The first-order valence-electron chi connectivity index (χ1n) is 3.91. The lowest BCUT2D eigenvalue weighted by atomic mass is 10.1. The molecule has 1 heterocycles. The van der Waals surface area contributed by atoms with E-state index in [-0.39, 0.29) is 18.2 Å². The Morgan fingerprint density at radius 2 is 2.00 bits per heavy atom. The molecule has 1 aliphatic rings. The number of ketones is 1. The molecule has 0 saturated heterocycles. The SMILES string of the molecule is CC(=O)c1ccc2c(c1)OC(N)O2.Cl. The van der Waals surface area contributed by atoms with Crippen LogP contribution >= 0.6 is 12.4 Å². The van der Waals surface area contributed by atoms with E-state index in [2.05, 4.69) is 0 Å². The fourth-order valence-electron chi connectivity index (χ4n) is 1.19. The van der Waals surface area contributed by atoms with Crippen molar-refractivity contribution >= 4 is 18.2 Å². The van der Waals surface area contributed by atoms with E-state index in [0.717, 1.165) is 0 Å². The van der Waals surface area contributed by atoms with Crippen LogP contribution in [0.5, 0.6) is 11.5 Å². The summed E-state index contributed by atoms with van der Waals surface area (Å²) in [7, 11) is 0. The van der Waals surface area contributed by atoms with Crippen LogP contribution in [0.3, 0.4) is 0 Å². The Kier molecular flexibility index (Phi) is 2.98. The zero-order chi connectivity index (χ0) is 9.42. The third-order valence-corrected chi connectivity index (χ3v) is 1.84. The van der Waals surface area contributed by atoms with Crippen LogP contribution in [0.15, 0.2) is 18.2 Å². The van der Waals surface area contributed by atoms with Crippen molar-refractivity contribution in [3.8, 4) is 11.5 Å². The smallest absolute Gasteiger partial charge is 0.300 e. The first-order valence-corrected chi connectivity index (χ1v) is 3.91. The zero-order valence-corrected chi connectivity index (χ0v) is 8.34. The predicted octanol–water partition coefficient (Wildman–Crippen LogP) is 1.32. The van der Waals surface area contributed by atoms with Gasteiger partial charge in [-0.2, -0.15) is 0 Å². The molecule has 1 unspecified atom stereocenters. The molecule has 2 rings (SSSR count). The van der Waals surface area contributed by atoms with Crippen LogP contribution in [0.1, 0.15) is 17.3 Å². The highest BCUT2D eigenvalue weighted by molar-refractivity contribution is 5.94. The van der Waals surface area contributed by atoms with Crippen LogP contribution in [-0.4, -0.2) is 12.2 Å². The topological polar surface area (TPSA) is 61.5 Å². The van der Waals surface area contributed by atoms with E-state index in [9.17, 15) is 4.79 Å². The van der Waals surface area contributed by atoms with Crippen LogP contribution in [0.25, 0.3) is 0 Å². The van der Waals surface area contributed by atoms with Crippen LogP contribution < -0.4 is 15.2 Å². The predicted molar refractivity (Wildman–Crippen MR) is 52.9 cm³/mol. The maximum absolute atomic E-state index is 11.0. The minimum atomic E-state index is -0.753. The van der Waals surface area contributed by atoms with E-state index in [1.807, 2.05) is 0 Å². The number of rotatable bonds is 1. The Morgan fingerprint density at radius 1 is 1.36 bits per heavy atom. The van der Waals surface area contributed by atoms with E-state index in [1.165, 1.54) is 6.92 Å². The molecule has 5 heteroatoms. The van der Waals surface area contributed by atoms with Gasteiger partial charge in [0, 0.05) is 5.56 Å². The molecule has 0 amide bonds. The molecule has 0 saturated carbocycles. The van der Waals surface area contributed by atoms with Gasteiger partial charge >= 0.3 is 0 Å². The zero-order valence-electron chi connectivity index (χ0n) is 7.52. The second kappa shape index (κ2) is 3.86. The molecular formula is C9H10ClNO3. The number of hydrogen-bond donors (Lipinski definition) is 1. The molecule has 14 heavy (non-hydrogen) atoms. The molecule has 1 aliphatic heterocycles. The summed E-state index contributed by atoms with van der Waals surface area (Å²) in [5.74, 6) is 1.10. The summed E-state index contributed by atoms with van der Waals surface area (Å²) < 4.78 is 10.2. The Morgan fingerprint density at radius 3 is 2.64 bits per heavy atom. The van der Waals surface area contributed by atoms with Crippen LogP contribution in [0.2, 0.25) is 0 Å². The van der Waals surface area contributed by atoms with Gasteiger partial charge in [0.1, 0.15) is 0 Å². The highest BCUT2D eigenvalue weighted by Gasteiger charge is 2.20. The lowest BCUT2D eigenvalue weighted by Crippen LogP contribution is -2.28. The summed E-state index contributed by atoms with van der Waals surface area (Å²) in [6.45, 7) is 1.50. The van der Waals surface area contributed by atoms with Crippen molar-refractivity contribution < 1.29 is 14.3 Å². The van der Waals surface area contributed by atoms with Gasteiger partial charge in [-0.05, 0) is 25.1 Å². The van der Waals surface area contributed by atoms with Gasteiger partial charge in [-0.1, -0.05) is 0 Å². The van der Waals surface area contributed by atoms with Crippen molar-refractivity contribution in [3.05, 3.63) is 23.8 Å². The monoisotopic (exact) mass is 215 g/mol. The van der Waals surface area contributed by atoms with Gasteiger partial charge in [0.15, 0.2) is 17.3 Å². The number of benzene rings is 1. The van der Waals surface area contributed by atoms with Gasteiger partial charge in [-0.3, -0.25) is 10.5 Å². The lowest BCUT2D eigenvalue weighted by molar-refractivity contribution is 0.0561. The Bertz CT molecular complexity index is 367. The van der Waals surface area contributed by atoms with Crippen molar-refractivity contribution in [2.75, 3.05) is 0 Å². The maximum atomic E-state index is 11.0. The summed E-state index contributed by atoms with van der Waals surface area (Å²) in [6.07, 6.45) is -0.753. The number of fused-ring (bicyclic) bond motifs is 1. The van der Waals surface area contributed by atoms with Crippen molar-refractivity contribution in [1.82, 2.24) is 0 Å². The van der Waals surface area contributed by atoms with E-state index in [4.69, 9.17) is 15.2 Å². The quantitative estimate of drug-likeness (QED) is 0.718.